The molecule has 1 aromatic heterocycles. The minimum absolute atomic E-state index is 0.204. The maximum Gasteiger partial charge on any atom is 0.181 e. The molecule has 0 aliphatic rings. The first kappa shape index (κ1) is 13.7. The Morgan fingerprint density at radius 1 is 1.05 bits per heavy atom. The second-order valence-electron chi connectivity index (χ2n) is 4.45. The third-order valence-electron chi connectivity index (χ3n) is 2.91. The summed E-state index contributed by atoms with van der Waals surface area (Å²) < 4.78 is 14.4. The monoisotopic (exact) mass is 297 g/mol. The topological polar surface area (TPSA) is 75.9 Å². The van der Waals surface area contributed by atoms with E-state index in [1.165, 1.54) is 16.8 Å². The zero-order valence-electron chi connectivity index (χ0n) is 11.4. The van der Waals surface area contributed by atoms with Gasteiger partial charge in [0.1, 0.15) is 11.6 Å². The molecular formula is C15H12FN5O. The maximum absolute atomic E-state index is 12.9. The smallest absolute Gasteiger partial charge is 0.181 e. The van der Waals surface area contributed by atoms with E-state index in [0.29, 0.717) is 11.5 Å². The first-order chi connectivity index (χ1) is 10.7. The zero-order valence-corrected chi connectivity index (χ0v) is 11.4. The molecule has 1 heterocycles. The highest BCUT2D eigenvalue weighted by molar-refractivity contribution is 5.53. The summed E-state index contributed by atoms with van der Waals surface area (Å²) >= 11 is 0. The number of anilines is 1. The van der Waals surface area contributed by atoms with Crippen molar-refractivity contribution in [3.63, 3.8) is 0 Å². The third kappa shape index (κ3) is 3.09. The molecule has 110 valence electrons. The van der Waals surface area contributed by atoms with Gasteiger partial charge in [-0.15, -0.1) is 5.10 Å². The molecule has 3 rings (SSSR count). The van der Waals surface area contributed by atoms with Gasteiger partial charge in [-0.2, -0.15) is 4.68 Å². The molecule has 0 radical (unpaired) electrons. The second kappa shape index (κ2) is 6.04. The highest BCUT2D eigenvalue weighted by atomic mass is 19.1. The lowest BCUT2D eigenvalue weighted by molar-refractivity contribution is 0.475. The number of halogens is 1. The molecule has 0 saturated heterocycles. The Kier molecular flexibility index (Phi) is 3.78. The van der Waals surface area contributed by atoms with Gasteiger partial charge in [0.25, 0.3) is 0 Å². The van der Waals surface area contributed by atoms with Gasteiger partial charge in [0, 0.05) is 18.0 Å². The van der Waals surface area contributed by atoms with Gasteiger partial charge >= 0.3 is 0 Å². The van der Waals surface area contributed by atoms with Crippen molar-refractivity contribution >= 4 is 11.8 Å². The molecule has 7 heteroatoms. The number of hydrogen-bond acceptors (Lipinski definition) is 5. The van der Waals surface area contributed by atoms with E-state index in [0.717, 1.165) is 5.69 Å². The molecule has 0 amide bonds. The van der Waals surface area contributed by atoms with Crippen molar-refractivity contribution in [2.75, 3.05) is 5.32 Å². The van der Waals surface area contributed by atoms with Crippen LogP contribution in [0.4, 0.5) is 10.1 Å². The summed E-state index contributed by atoms with van der Waals surface area (Å²) in [6.07, 6.45) is 3.37. The predicted octanol–water partition coefficient (Wildman–Crippen LogP) is 2.59. The van der Waals surface area contributed by atoms with Gasteiger partial charge in [-0.3, -0.25) is 0 Å². The van der Waals surface area contributed by atoms with Gasteiger partial charge in [-0.25, -0.2) is 4.39 Å². The molecule has 0 spiro atoms. The van der Waals surface area contributed by atoms with Gasteiger partial charge < -0.3 is 10.4 Å². The number of phenols is 1. The van der Waals surface area contributed by atoms with Crippen LogP contribution >= 0.6 is 0 Å². The highest BCUT2D eigenvalue weighted by Gasteiger charge is 2.05. The number of aromatic nitrogens is 4. The van der Waals surface area contributed by atoms with Crippen LogP contribution in [0.5, 0.6) is 5.75 Å². The van der Waals surface area contributed by atoms with Crippen molar-refractivity contribution in [3.8, 4) is 11.4 Å². The molecular weight excluding hydrogens is 285 g/mol. The summed E-state index contributed by atoms with van der Waals surface area (Å²) in [7, 11) is 0. The summed E-state index contributed by atoms with van der Waals surface area (Å²) in [6.45, 7) is 0. The van der Waals surface area contributed by atoms with E-state index in [9.17, 15) is 9.50 Å². The molecule has 0 unspecified atom stereocenters. The van der Waals surface area contributed by atoms with E-state index in [1.54, 1.807) is 48.7 Å². The van der Waals surface area contributed by atoms with Crippen LogP contribution in [0.15, 0.2) is 54.7 Å². The Labute approximate surface area is 125 Å². The van der Waals surface area contributed by atoms with Gasteiger partial charge in [-0.1, -0.05) is 0 Å². The van der Waals surface area contributed by atoms with E-state index in [1.807, 2.05) is 0 Å². The number of rotatable bonds is 4. The maximum atomic E-state index is 12.9. The Morgan fingerprint density at radius 3 is 2.50 bits per heavy atom. The molecule has 2 aromatic carbocycles. The molecule has 3 aromatic rings. The van der Waals surface area contributed by atoms with Crippen LogP contribution < -0.4 is 5.32 Å². The van der Waals surface area contributed by atoms with Crippen LogP contribution in [-0.2, 0) is 0 Å². The molecule has 0 atom stereocenters. The number of tetrazole rings is 1. The summed E-state index contributed by atoms with van der Waals surface area (Å²) in [5.41, 5.74) is 1.48. The van der Waals surface area contributed by atoms with E-state index >= 15 is 0 Å². The quantitative estimate of drug-likeness (QED) is 0.724. The van der Waals surface area contributed by atoms with E-state index in [2.05, 4.69) is 20.8 Å². The molecule has 2 N–H and O–H groups in total. The fourth-order valence-corrected chi connectivity index (χ4v) is 1.83. The largest absolute Gasteiger partial charge is 0.508 e. The van der Waals surface area contributed by atoms with Gasteiger partial charge in [-0.05, 0) is 59.0 Å². The summed E-state index contributed by atoms with van der Waals surface area (Å²) in [4.78, 5) is 0. The van der Waals surface area contributed by atoms with Crippen molar-refractivity contribution in [3.05, 3.63) is 66.4 Å². The fraction of sp³-hybridized carbons (Fsp3) is 0. The van der Waals surface area contributed by atoms with Crippen LogP contribution in [0.3, 0.4) is 0 Å². The average Bonchev–Trinajstić information content (AvgIpc) is 2.98. The minimum atomic E-state index is -0.317. The van der Waals surface area contributed by atoms with E-state index in [4.69, 9.17) is 0 Å². The Morgan fingerprint density at radius 2 is 1.77 bits per heavy atom. The van der Waals surface area contributed by atoms with Crippen molar-refractivity contribution < 1.29 is 9.50 Å². The van der Waals surface area contributed by atoms with Gasteiger partial charge in [0.15, 0.2) is 5.82 Å². The predicted molar refractivity (Wildman–Crippen MR) is 79.9 cm³/mol. The molecule has 0 aliphatic carbocycles. The molecule has 6 nitrogen and oxygen atoms in total. The van der Waals surface area contributed by atoms with E-state index < -0.39 is 0 Å². The lowest BCUT2D eigenvalue weighted by Gasteiger charge is -2.02. The number of nitrogens with zero attached hydrogens (tertiary/aromatic N) is 4. The van der Waals surface area contributed by atoms with Crippen LogP contribution in [-0.4, -0.2) is 25.3 Å². The minimum Gasteiger partial charge on any atom is -0.508 e. The molecule has 22 heavy (non-hydrogen) atoms. The zero-order chi connectivity index (χ0) is 15.4. The summed E-state index contributed by atoms with van der Waals surface area (Å²) in [5, 5.41) is 23.6. The summed E-state index contributed by atoms with van der Waals surface area (Å²) in [6, 6.07) is 12.5. The van der Waals surface area contributed by atoms with Crippen molar-refractivity contribution in [1.29, 1.82) is 0 Å². The third-order valence-corrected chi connectivity index (χ3v) is 2.91. The number of phenolic OH excluding ortho intramolecular Hbond substituents is 1. The molecule has 0 fully saturated rings. The van der Waals surface area contributed by atoms with Gasteiger partial charge in [0.05, 0.1) is 5.69 Å². The second-order valence-corrected chi connectivity index (χ2v) is 4.45. The van der Waals surface area contributed by atoms with Crippen LogP contribution in [0, 0.1) is 5.82 Å². The Bertz CT molecular complexity index is 780. The number of benzene rings is 2. The molecule has 0 bridgehead atoms. The van der Waals surface area contributed by atoms with Gasteiger partial charge in [0.2, 0.25) is 0 Å². The van der Waals surface area contributed by atoms with E-state index in [-0.39, 0.29) is 11.6 Å². The number of nitrogens with one attached hydrogen (secondary N) is 1. The normalized spacial score (nSPS) is 11.0. The van der Waals surface area contributed by atoms with Crippen molar-refractivity contribution in [1.82, 2.24) is 20.2 Å². The number of hydrogen-bond donors (Lipinski definition) is 2. The van der Waals surface area contributed by atoms with Crippen LogP contribution in [0.1, 0.15) is 5.82 Å². The first-order valence-corrected chi connectivity index (χ1v) is 6.49. The first-order valence-electron chi connectivity index (χ1n) is 6.49. The highest BCUT2D eigenvalue weighted by Crippen LogP contribution is 2.14. The lowest BCUT2D eigenvalue weighted by Crippen LogP contribution is -2.00. The Hall–Kier alpha value is -3.22. The number of aromatic hydroxyl groups is 1. The van der Waals surface area contributed by atoms with Crippen molar-refractivity contribution in [2.24, 2.45) is 0 Å². The summed E-state index contributed by atoms with van der Waals surface area (Å²) in [5.74, 6) is 0.385. The molecule has 0 aliphatic heterocycles. The average molecular weight is 297 g/mol. The lowest BCUT2D eigenvalue weighted by atomic mass is 10.3. The SMILES string of the molecule is Oc1ccc(NC=Cc2nnnn2-c2ccc(F)cc2)cc1. The van der Waals surface area contributed by atoms with Crippen LogP contribution in [0.2, 0.25) is 0 Å². The van der Waals surface area contributed by atoms with Crippen molar-refractivity contribution in [2.45, 2.75) is 0 Å². The fourth-order valence-electron chi connectivity index (χ4n) is 1.83. The van der Waals surface area contributed by atoms with Crippen LogP contribution in [0.25, 0.3) is 11.8 Å². The Balaban J connectivity index is 1.76. The standard InChI is InChI=1S/C15H12FN5O/c16-11-1-5-13(6-2-11)21-15(18-19-20-21)9-10-17-12-3-7-14(22)8-4-12/h1-10,17,22H. The molecule has 0 saturated carbocycles.